The Balaban J connectivity index is 1.47. The lowest BCUT2D eigenvalue weighted by Crippen LogP contribution is -2.45. The van der Waals surface area contributed by atoms with E-state index in [0.29, 0.717) is 19.8 Å². The SMILES string of the molecule is Nc1c(C(=O)NN2C(=O)c3ccccc3C2=O)sc(S)c1-c1nc2ccccc2s1. The molecule has 148 valence electrons. The predicted octanol–water partition coefficient (Wildman–Crippen LogP) is 3.84. The highest BCUT2D eigenvalue weighted by Gasteiger charge is 2.37. The quantitative estimate of drug-likeness (QED) is 0.324. The third kappa shape index (κ3) is 2.80. The number of hydrogen-bond acceptors (Lipinski definition) is 8. The van der Waals surface area contributed by atoms with Gasteiger partial charge < -0.3 is 5.73 Å². The number of hydrazine groups is 1. The standard InChI is InChI=1S/C20H12N4O3S3/c21-14-13(17-22-11-7-3-4-8-12(11)29-17)20(28)30-15(14)16(25)23-24-18(26)9-5-1-2-6-10(9)19(24)27/h1-8,28H,21H2,(H,23,25). The number of nitrogens with one attached hydrogen (secondary N) is 1. The predicted molar refractivity (Wildman–Crippen MR) is 119 cm³/mol. The van der Waals surface area contributed by atoms with E-state index >= 15 is 0 Å². The molecule has 0 spiro atoms. The number of aromatic nitrogens is 1. The molecular weight excluding hydrogens is 440 g/mol. The fraction of sp³-hybridized carbons (Fsp3) is 0. The van der Waals surface area contributed by atoms with Gasteiger partial charge in [0, 0.05) is 0 Å². The number of thiophene rings is 1. The van der Waals surface area contributed by atoms with E-state index in [1.807, 2.05) is 24.3 Å². The molecule has 30 heavy (non-hydrogen) atoms. The van der Waals surface area contributed by atoms with Gasteiger partial charge in [-0.05, 0) is 24.3 Å². The van der Waals surface area contributed by atoms with Crippen LogP contribution < -0.4 is 11.2 Å². The van der Waals surface area contributed by atoms with Gasteiger partial charge in [0.15, 0.2) is 0 Å². The number of amides is 3. The second kappa shape index (κ2) is 6.94. The number of fused-ring (bicyclic) bond motifs is 2. The molecule has 1 aliphatic rings. The average molecular weight is 453 g/mol. The Morgan fingerprint density at radius 3 is 2.30 bits per heavy atom. The number of nitrogens with two attached hydrogens (primary N) is 1. The van der Waals surface area contributed by atoms with Crippen LogP contribution >= 0.6 is 35.3 Å². The Labute approximate surface area is 183 Å². The van der Waals surface area contributed by atoms with Crippen molar-refractivity contribution in [3.63, 3.8) is 0 Å². The lowest BCUT2D eigenvalue weighted by molar-refractivity contribution is 0.0519. The van der Waals surface area contributed by atoms with Gasteiger partial charge in [-0.1, -0.05) is 24.3 Å². The number of hydrogen-bond donors (Lipinski definition) is 3. The molecule has 4 aromatic rings. The number of thiol groups is 1. The molecule has 7 nitrogen and oxygen atoms in total. The van der Waals surface area contributed by atoms with Crippen LogP contribution in [0.25, 0.3) is 20.8 Å². The Kier molecular flexibility index (Phi) is 4.35. The Bertz CT molecular complexity index is 1310. The molecule has 0 saturated carbocycles. The molecule has 0 bridgehead atoms. The summed E-state index contributed by atoms with van der Waals surface area (Å²) in [7, 11) is 0. The first-order valence-electron chi connectivity index (χ1n) is 8.71. The summed E-state index contributed by atoms with van der Waals surface area (Å²) in [6, 6.07) is 14.1. The first-order valence-corrected chi connectivity index (χ1v) is 10.8. The summed E-state index contributed by atoms with van der Waals surface area (Å²) in [5, 5.41) is 1.36. The van der Waals surface area contributed by atoms with Gasteiger partial charge in [0.25, 0.3) is 17.7 Å². The van der Waals surface area contributed by atoms with Crippen molar-refractivity contribution in [2.75, 3.05) is 5.73 Å². The van der Waals surface area contributed by atoms with E-state index in [-0.39, 0.29) is 21.7 Å². The number of anilines is 1. The molecular formula is C20H12N4O3S3. The van der Waals surface area contributed by atoms with E-state index in [4.69, 9.17) is 5.73 Å². The minimum Gasteiger partial charge on any atom is -0.397 e. The highest BCUT2D eigenvalue weighted by Crippen LogP contribution is 2.43. The molecule has 0 fully saturated rings. The van der Waals surface area contributed by atoms with E-state index in [1.165, 1.54) is 23.5 Å². The molecule has 2 aromatic carbocycles. The summed E-state index contributed by atoms with van der Waals surface area (Å²) in [4.78, 5) is 42.6. The molecule has 5 rings (SSSR count). The number of carbonyl (C=O) groups is 3. The summed E-state index contributed by atoms with van der Waals surface area (Å²) < 4.78 is 1.52. The van der Waals surface area contributed by atoms with Crippen molar-refractivity contribution in [2.45, 2.75) is 4.21 Å². The van der Waals surface area contributed by atoms with E-state index in [1.54, 1.807) is 12.1 Å². The van der Waals surface area contributed by atoms with Crippen molar-refractivity contribution in [3.05, 3.63) is 64.5 Å². The molecule has 3 N–H and O–H groups in total. The van der Waals surface area contributed by atoms with Crippen molar-refractivity contribution < 1.29 is 14.4 Å². The zero-order valence-corrected chi connectivity index (χ0v) is 17.6. The number of thiazole rings is 1. The Hall–Kier alpha value is -3.21. The van der Waals surface area contributed by atoms with Crippen LogP contribution in [0.3, 0.4) is 0 Å². The molecule has 1 aliphatic heterocycles. The third-order valence-corrected chi connectivity index (χ3v) is 7.21. The summed E-state index contributed by atoms with van der Waals surface area (Å²) in [5.74, 6) is -1.83. The molecule has 10 heteroatoms. The number of nitrogen functional groups attached to an aromatic ring is 1. The smallest absolute Gasteiger partial charge is 0.282 e. The molecule has 0 saturated heterocycles. The van der Waals surface area contributed by atoms with Crippen LogP contribution in [0.2, 0.25) is 0 Å². The molecule has 0 atom stereocenters. The Morgan fingerprint density at radius 2 is 1.63 bits per heavy atom. The highest BCUT2D eigenvalue weighted by atomic mass is 32.2. The summed E-state index contributed by atoms with van der Waals surface area (Å²) in [5.41, 5.74) is 10.7. The van der Waals surface area contributed by atoms with Crippen molar-refractivity contribution >= 4 is 68.9 Å². The normalized spacial score (nSPS) is 13.2. The van der Waals surface area contributed by atoms with Crippen molar-refractivity contribution in [3.8, 4) is 10.6 Å². The molecule has 0 aliphatic carbocycles. The van der Waals surface area contributed by atoms with Crippen LogP contribution in [0.4, 0.5) is 5.69 Å². The van der Waals surface area contributed by atoms with E-state index in [0.717, 1.165) is 21.6 Å². The number of para-hydroxylation sites is 1. The van der Waals surface area contributed by atoms with Gasteiger partial charge in [-0.2, -0.15) is 5.01 Å². The van der Waals surface area contributed by atoms with Gasteiger partial charge in [0.2, 0.25) is 0 Å². The zero-order valence-electron chi connectivity index (χ0n) is 15.1. The zero-order chi connectivity index (χ0) is 21.0. The maximum Gasteiger partial charge on any atom is 0.282 e. The van der Waals surface area contributed by atoms with Gasteiger partial charge in [-0.25, -0.2) is 4.98 Å². The van der Waals surface area contributed by atoms with Gasteiger partial charge >= 0.3 is 0 Å². The topological polar surface area (TPSA) is 105 Å². The minimum atomic E-state index is -0.658. The summed E-state index contributed by atoms with van der Waals surface area (Å²) >= 11 is 6.99. The van der Waals surface area contributed by atoms with Crippen LogP contribution in [0, 0.1) is 0 Å². The highest BCUT2D eigenvalue weighted by molar-refractivity contribution is 7.83. The molecule has 2 aromatic heterocycles. The molecule has 0 unspecified atom stereocenters. The van der Waals surface area contributed by atoms with Crippen LogP contribution in [-0.2, 0) is 0 Å². The van der Waals surface area contributed by atoms with Crippen LogP contribution in [0.15, 0.2) is 52.7 Å². The average Bonchev–Trinajstić information content (AvgIpc) is 3.37. The number of rotatable bonds is 3. The van der Waals surface area contributed by atoms with Gasteiger partial charge in [-0.3, -0.25) is 19.8 Å². The molecule has 3 amide bonds. The first kappa shape index (κ1) is 18.8. The van der Waals surface area contributed by atoms with E-state index in [2.05, 4.69) is 23.0 Å². The number of imide groups is 1. The second-order valence-corrected chi connectivity index (χ2v) is 9.25. The maximum atomic E-state index is 12.9. The number of benzene rings is 2. The maximum absolute atomic E-state index is 12.9. The lowest BCUT2D eigenvalue weighted by atomic mass is 10.1. The van der Waals surface area contributed by atoms with E-state index < -0.39 is 17.7 Å². The number of nitrogens with zero attached hydrogens (tertiary/aromatic N) is 2. The second-order valence-electron chi connectivity index (χ2n) is 6.44. The minimum absolute atomic E-state index is 0.158. The summed E-state index contributed by atoms with van der Waals surface area (Å²) in [6.07, 6.45) is 0. The van der Waals surface area contributed by atoms with Crippen molar-refractivity contribution in [1.29, 1.82) is 0 Å². The van der Waals surface area contributed by atoms with Crippen molar-refractivity contribution in [2.24, 2.45) is 0 Å². The Morgan fingerprint density at radius 1 is 1.00 bits per heavy atom. The monoisotopic (exact) mass is 452 g/mol. The molecule has 3 heterocycles. The number of carbonyl (C=O) groups excluding carboxylic acids is 3. The van der Waals surface area contributed by atoms with Crippen molar-refractivity contribution in [1.82, 2.24) is 15.4 Å². The molecule has 0 radical (unpaired) electrons. The largest absolute Gasteiger partial charge is 0.397 e. The summed E-state index contributed by atoms with van der Waals surface area (Å²) in [6.45, 7) is 0. The van der Waals surface area contributed by atoms with E-state index in [9.17, 15) is 14.4 Å². The fourth-order valence-electron chi connectivity index (χ4n) is 3.23. The third-order valence-electron chi connectivity index (χ3n) is 4.65. The van der Waals surface area contributed by atoms with Gasteiger partial charge in [0.1, 0.15) is 9.88 Å². The fourth-order valence-corrected chi connectivity index (χ4v) is 5.75. The first-order chi connectivity index (χ1) is 14.5. The lowest BCUT2D eigenvalue weighted by Gasteiger charge is -2.14. The van der Waals surface area contributed by atoms with Crippen LogP contribution in [0.1, 0.15) is 30.4 Å². The van der Waals surface area contributed by atoms with Gasteiger partial charge in [-0.15, -0.1) is 35.3 Å². The van der Waals surface area contributed by atoms with Crippen LogP contribution in [-0.4, -0.2) is 27.7 Å². The van der Waals surface area contributed by atoms with Gasteiger partial charge in [0.05, 0.1) is 36.8 Å². The van der Waals surface area contributed by atoms with Crippen LogP contribution in [0.5, 0.6) is 0 Å².